The molecule has 0 radical (unpaired) electrons. The van der Waals surface area contributed by atoms with Crippen LogP contribution in [0.1, 0.15) is 99.2 Å². The molecule has 3 rings (SSSR count). The van der Waals surface area contributed by atoms with Gasteiger partial charge < -0.3 is 4.74 Å². The first-order chi connectivity index (χ1) is 15.6. The molecule has 2 saturated carbocycles. The number of rotatable bonds is 5. The molecule has 0 spiro atoms. The fourth-order valence-electron chi connectivity index (χ4n) is 4.64. The Morgan fingerprint density at radius 3 is 2.27 bits per heavy atom. The lowest BCUT2D eigenvalue weighted by Crippen LogP contribution is -2.21. The minimum Gasteiger partial charge on any atom is -0.465 e. The van der Waals surface area contributed by atoms with Crippen molar-refractivity contribution in [3.05, 3.63) is 27.5 Å². The van der Waals surface area contributed by atoms with Crippen LogP contribution in [0.2, 0.25) is 0 Å². The summed E-state index contributed by atoms with van der Waals surface area (Å²) in [7, 11) is 1.38. The van der Waals surface area contributed by atoms with E-state index >= 15 is 0 Å². The van der Waals surface area contributed by atoms with Crippen molar-refractivity contribution in [2.24, 2.45) is 23.2 Å². The summed E-state index contributed by atoms with van der Waals surface area (Å²) in [5.74, 6) is 7.25. The van der Waals surface area contributed by atoms with Gasteiger partial charge in [0.05, 0.1) is 12.0 Å². The lowest BCUT2D eigenvalue weighted by molar-refractivity contribution is -0.120. The number of ether oxygens (including phenoxy) is 1. The highest BCUT2D eigenvalue weighted by Gasteiger charge is 2.30. The van der Waals surface area contributed by atoms with Crippen molar-refractivity contribution in [3.63, 3.8) is 0 Å². The van der Waals surface area contributed by atoms with E-state index < -0.39 is 5.97 Å². The first-order valence-corrected chi connectivity index (χ1v) is 12.9. The van der Waals surface area contributed by atoms with E-state index in [1.165, 1.54) is 18.4 Å². The van der Waals surface area contributed by atoms with Gasteiger partial charge in [0.25, 0.3) is 0 Å². The second kappa shape index (κ2) is 10.8. The van der Waals surface area contributed by atoms with Crippen molar-refractivity contribution in [1.29, 1.82) is 0 Å². The molecule has 33 heavy (non-hydrogen) atoms. The summed E-state index contributed by atoms with van der Waals surface area (Å²) in [6, 6.07) is 1.94. The molecule has 2 aliphatic carbocycles. The largest absolute Gasteiger partial charge is 0.465 e. The normalized spacial score (nSPS) is 22.5. The Labute approximate surface area is 202 Å². The highest BCUT2D eigenvalue weighted by molar-refractivity contribution is 7.14. The molecule has 0 N–H and O–H groups in total. The highest BCUT2D eigenvalue weighted by atomic mass is 32.1. The van der Waals surface area contributed by atoms with Crippen LogP contribution in [0.5, 0.6) is 0 Å². The Morgan fingerprint density at radius 1 is 1.06 bits per heavy atom. The molecular weight excluding hydrogens is 432 g/mol. The Hall–Kier alpha value is -2.19. The van der Waals surface area contributed by atoms with E-state index in [0.29, 0.717) is 36.5 Å². The van der Waals surface area contributed by atoms with Crippen LogP contribution in [0, 0.1) is 35.0 Å². The van der Waals surface area contributed by atoms with Crippen LogP contribution in [0.3, 0.4) is 0 Å². The Kier molecular flexibility index (Phi) is 8.34. The Morgan fingerprint density at radius 2 is 1.70 bits per heavy atom. The molecule has 4 nitrogen and oxygen atoms in total. The molecule has 2 aliphatic rings. The van der Waals surface area contributed by atoms with Crippen molar-refractivity contribution in [3.8, 4) is 11.8 Å². The van der Waals surface area contributed by atoms with E-state index in [-0.39, 0.29) is 28.8 Å². The molecule has 0 atom stereocenters. The van der Waals surface area contributed by atoms with Gasteiger partial charge in [0.2, 0.25) is 0 Å². The maximum atomic E-state index is 13.3. The van der Waals surface area contributed by atoms with Gasteiger partial charge in [0, 0.05) is 29.7 Å². The Balaban J connectivity index is 2.04. The van der Waals surface area contributed by atoms with E-state index in [2.05, 4.69) is 18.8 Å². The number of hydrogen-bond acceptors (Lipinski definition) is 5. The van der Waals surface area contributed by atoms with E-state index in [1.807, 2.05) is 26.8 Å². The van der Waals surface area contributed by atoms with Gasteiger partial charge >= 0.3 is 5.97 Å². The zero-order valence-electron chi connectivity index (χ0n) is 20.6. The zero-order chi connectivity index (χ0) is 24.2. The minimum absolute atomic E-state index is 0.0433. The highest BCUT2D eigenvalue weighted by Crippen LogP contribution is 2.40. The van der Waals surface area contributed by atoms with Gasteiger partial charge in [0.15, 0.2) is 5.78 Å². The summed E-state index contributed by atoms with van der Waals surface area (Å²) in [6.07, 6.45) is 8.24. The molecule has 0 saturated heterocycles. The van der Waals surface area contributed by atoms with Crippen LogP contribution >= 0.6 is 11.3 Å². The van der Waals surface area contributed by atoms with E-state index in [0.717, 1.165) is 41.7 Å². The third-order valence-electron chi connectivity index (χ3n) is 6.67. The SMILES string of the molecule is COC(=O)c1sc(C#CC(C)(C)C)cc1C(=CC(=O)C1CCC(C)CC1)C1CCC(=O)CC1. The maximum absolute atomic E-state index is 13.3. The summed E-state index contributed by atoms with van der Waals surface area (Å²) in [4.78, 5) is 39.2. The summed E-state index contributed by atoms with van der Waals surface area (Å²) >= 11 is 1.32. The molecule has 0 aliphatic heterocycles. The van der Waals surface area contributed by atoms with Gasteiger partial charge in [0.1, 0.15) is 10.7 Å². The lowest BCUT2D eigenvalue weighted by Gasteiger charge is -2.27. The van der Waals surface area contributed by atoms with Crippen LogP contribution in [0.25, 0.3) is 5.57 Å². The number of ketones is 2. The minimum atomic E-state index is -0.407. The second-order valence-electron chi connectivity index (χ2n) is 10.6. The van der Waals surface area contributed by atoms with E-state index in [9.17, 15) is 14.4 Å². The van der Waals surface area contributed by atoms with E-state index in [1.54, 1.807) is 6.08 Å². The number of methoxy groups -OCH3 is 1. The molecule has 0 amide bonds. The standard InChI is InChI=1S/C28H36O4S/c1-18-6-8-20(9-7-18)25(30)17-23(19-10-12-21(29)13-11-19)24-16-22(14-15-28(2,3)4)33-26(24)27(31)32-5/h16-20H,6-13H2,1-5H3. The van der Waals surface area contributed by atoms with Gasteiger partial charge in [-0.2, -0.15) is 0 Å². The number of carbonyl (C=O) groups is 3. The van der Waals surface area contributed by atoms with Gasteiger partial charge in [-0.3, -0.25) is 9.59 Å². The summed E-state index contributed by atoms with van der Waals surface area (Å²) in [5.41, 5.74) is 1.47. The van der Waals surface area contributed by atoms with Crippen LogP contribution in [-0.4, -0.2) is 24.6 Å². The van der Waals surface area contributed by atoms with Crippen molar-refractivity contribution in [2.75, 3.05) is 7.11 Å². The first-order valence-electron chi connectivity index (χ1n) is 12.1. The smallest absolute Gasteiger partial charge is 0.348 e. The average Bonchev–Trinajstić information content (AvgIpc) is 3.20. The fraction of sp³-hybridized carbons (Fsp3) is 0.607. The third kappa shape index (κ3) is 6.90. The lowest BCUT2D eigenvalue weighted by atomic mass is 9.77. The molecule has 0 aromatic carbocycles. The van der Waals surface area contributed by atoms with Crippen LogP contribution in [0.4, 0.5) is 0 Å². The van der Waals surface area contributed by atoms with Crippen LogP contribution < -0.4 is 0 Å². The number of esters is 1. The average molecular weight is 469 g/mol. The van der Waals surface area contributed by atoms with Gasteiger partial charge in [-0.25, -0.2) is 4.79 Å². The van der Waals surface area contributed by atoms with Crippen LogP contribution in [-0.2, 0) is 14.3 Å². The molecule has 0 bridgehead atoms. The predicted molar refractivity (Wildman–Crippen MR) is 133 cm³/mol. The van der Waals surface area contributed by atoms with Crippen molar-refractivity contribution in [2.45, 2.75) is 79.1 Å². The zero-order valence-corrected chi connectivity index (χ0v) is 21.4. The molecule has 1 aromatic rings. The molecule has 5 heteroatoms. The number of hydrogen-bond donors (Lipinski definition) is 0. The van der Waals surface area contributed by atoms with Gasteiger partial charge in [-0.05, 0) is 76.0 Å². The number of thiophene rings is 1. The number of allylic oxidation sites excluding steroid dienone is 2. The molecular formula is C28H36O4S. The summed E-state index contributed by atoms with van der Waals surface area (Å²) < 4.78 is 5.08. The van der Waals surface area contributed by atoms with Crippen molar-refractivity contribution < 1.29 is 19.1 Å². The van der Waals surface area contributed by atoms with E-state index in [4.69, 9.17) is 4.74 Å². The molecule has 0 unspecified atom stereocenters. The van der Waals surface area contributed by atoms with Gasteiger partial charge in [-0.15, -0.1) is 11.3 Å². The fourth-order valence-corrected chi connectivity index (χ4v) is 5.59. The monoisotopic (exact) mass is 468 g/mol. The first kappa shape index (κ1) is 25.4. The summed E-state index contributed by atoms with van der Waals surface area (Å²) in [6.45, 7) is 8.38. The third-order valence-corrected chi connectivity index (χ3v) is 7.70. The van der Waals surface area contributed by atoms with Crippen molar-refractivity contribution in [1.82, 2.24) is 0 Å². The molecule has 1 heterocycles. The molecule has 1 aromatic heterocycles. The topological polar surface area (TPSA) is 60.4 Å². The quantitative estimate of drug-likeness (QED) is 0.282. The van der Waals surface area contributed by atoms with Crippen LogP contribution in [0.15, 0.2) is 12.1 Å². The number of Topliss-reactive ketones (excluding diaryl/α,β-unsaturated/α-hetero) is 1. The number of carbonyl (C=O) groups excluding carboxylic acids is 3. The maximum Gasteiger partial charge on any atom is 0.348 e. The second-order valence-corrected chi connectivity index (χ2v) is 11.7. The predicted octanol–water partition coefficient (Wildman–Crippen LogP) is 6.47. The summed E-state index contributed by atoms with van der Waals surface area (Å²) in [5, 5.41) is 0. The van der Waals surface area contributed by atoms with Crippen molar-refractivity contribution >= 4 is 34.4 Å². The molecule has 178 valence electrons. The van der Waals surface area contributed by atoms with Gasteiger partial charge in [-0.1, -0.05) is 31.6 Å². The molecule has 2 fully saturated rings. The Bertz CT molecular complexity index is 977.